The Labute approximate surface area is 30.6 Å². The van der Waals surface area contributed by atoms with Gasteiger partial charge in [-0.25, -0.2) is 12.8 Å². The lowest BCUT2D eigenvalue weighted by atomic mass is 11.8. The summed E-state index contributed by atoms with van der Waals surface area (Å²) >= 11 is 0. The minimum Gasteiger partial charge on any atom is -0.234 e. The van der Waals surface area contributed by atoms with E-state index in [1.165, 1.54) is 0 Å². The summed E-state index contributed by atoms with van der Waals surface area (Å²) in [4.78, 5) is 0. The number of alkyl halides is 1. The van der Waals surface area contributed by atoms with Gasteiger partial charge in [-0.15, -0.1) is 0 Å². The largest absolute Gasteiger partial charge is 0.234 e. The van der Waals surface area contributed by atoms with Crippen LogP contribution in [0.2, 0.25) is 0 Å². The third-order valence-electron chi connectivity index (χ3n) is 0.0976. The van der Waals surface area contributed by atoms with Crippen molar-refractivity contribution in [3.63, 3.8) is 0 Å². The summed E-state index contributed by atoms with van der Waals surface area (Å²) in [5.41, 5.74) is 0. The molecule has 2 nitrogen and oxygen atoms in total. The maximum absolute atomic E-state index is 10.5. The summed E-state index contributed by atoms with van der Waals surface area (Å²) in [5.74, 6) is 0. The Bertz CT molecular complexity index is 67.7. The summed E-state index contributed by atoms with van der Waals surface area (Å²) in [6.07, 6.45) is 0. The van der Waals surface area contributed by atoms with Gasteiger partial charge in [-0.1, -0.05) is 0 Å². The lowest BCUT2D eigenvalue weighted by Gasteiger charge is -1.57. The first-order chi connectivity index (χ1) is 2.27. The highest BCUT2D eigenvalue weighted by Crippen LogP contribution is 1.59. The van der Waals surface area contributed by atoms with E-state index in [9.17, 15) is 4.39 Å². The van der Waals surface area contributed by atoms with Crippen LogP contribution >= 0.6 is 0 Å². The molecule has 5 heavy (non-hydrogen) atoms. The van der Waals surface area contributed by atoms with Crippen LogP contribution in [0.3, 0.4) is 0 Å². The summed E-state index contributed by atoms with van der Waals surface area (Å²) in [5, 5.41) is 0. The molecule has 0 rings (SSSR count). The number of hydrogen-bond donors (Lipinski definition) is 1. The average Bonchev–Trinajstić information content (AvgIpc) is 1.38. The van der Waals surface area contributed by atoms with Gasteiger partial charge in [0.25, 0.3) is 0 Å². The summed E-state index contributed by atoms with van der Waals surface area (Å²) in [6.45, 7) is 0. The first kappa shape index (κ1) is 4.88. The lowest BCUT2D eigenvalue weighted by molar-refractivity contribution is 0.550. The lowest BCUT2D eigenvalue weighted by Crippen LogP contribution is -1.70. The third kappa shape index (κ3) is 3.88. The van der Waals surface area contributed by atoms with Gasteiger partial charge in [0, 0.05) is 0 Å². The predicted octanol–water partition coefficient (Wildman–Crippen LogP) is -0.475. The van der Waals surface area contributed by atoms with Crippen molar-refractivity contribution in [3.8, 4) is 0 Å². The van der Waals surface area contributed by atoms with Crippen molar-refractivity contribution in [3.05, 3.63) is 0 Å². The molecular formula is CH3FO2S. The summed E-state index contributed by atoms with van der Waals surface area (Å²) in [7, 11) is -2.76. The minimum atomic E-state index is -2.76. The SMILES string of the molecule is O=[SH](=O)CF. The molecule has 0 radical (unpaired) electrons. The van der Waals surface area contributed by atoms with Gasteiger partial charge in [0.2, 0.25) is 0 Å². The maximum atomic E-state index is 10.5. The van der Waals surface area contributed by atoms with E-state index in [0.29, 0.717) is 0 Å². The van der Waals surface area contributed by atoms with Gasteiger partial charge in [-0.05, 0) is 0 Å². The Hall–Kier alpha value is -0.120. The van der Waals surface area contributed by atoms with Crippen molar-refractivity contribution in [2.24, 2.45) is 0 Å². The van der Waals surface area contributed by atoms with E-state index in [2.05, 4.69) is 0 Å². The van der Waals surface area contributed by atoms with E-state index >= 15 is 0 Å². The smallest absolute Gasteiger partial charge is 0.188 e. The fraction of sp³-hybridized carbons (Fsp3) is 1.00. The number of rotatable bonds is 1. The third-order valence-corrected chi connectivity index (χ3v) is 0.293. The van der Waals surface area contributed by atoms with Crippen LogP contribution in [0.5, 0.6) is 0 Å². The Morgan fingerprint density at radius 1 is 1.60 bits per heavy atom. The maximum Gasteiger partial charge on any atom is 0.188 e. The number of halogens is 1. The molecule has 0 aromatic carbocycles. The van der Waals surface area contributed by atoms with Crippen LogP contribution in [0.25, 0.3) is 0 Å². The fourth-order valence-electron chi connectivity index (χ4n) is 0. The molecule has 0 aliphatic carbocycles. The van der Waals surface area contributed by atoms with Gasteiger partial charge >= 0.3 is 0 Å². The molecule has 0 aromatic heterocycles. The number of thiol groups is 1. The molecule has 4 heteroatoms. The van der Waals surface area contributed by atoms with Crippen LogP contribution in [0, 0.1) is 0 Å². The van der Waals surface area contributed by atoms with Crippen LogP contribution in [-0.2, 0) is 10.7 Å². The van der Waals surface area contributed by atoms with Crippen molar-refractivity contribution in [1.82, 2.24) is 0 Å². The Kier molecular flexibility index (Phi) is 2.09. The molecule has 0 aliphatic heterocycles. The topological polar surface area (TPSA) is 34.1 Å². The zero-order valence-electron chi connectivity index (χ0n) is 2.35. The predicted molar refractivity (Wildman–Crippen MR) is 16.3 cm³/mol. The molecule has 0 aliphatic rings. The van der Waals surface area contributed by atoms with Gasteiger partial charge in [0.1, 0.15) is 0 Å². The van der Waals surface area contributed by atoms with E-state index in [-0.39, 0.29) is 0 Å². The second kappa shape index (κ2) is 2.14. The molecule has 0 N–H and O–H groups in total. The molecule has 0 atom stereocenters. The first-order valence-electron chi connectivity index (χ1n) is 0.949. The quantitative estimate of drug-likeness (QED) is 0.450. The molecular weight excluding hydrogens is 95.1 g/mol. The Morgan fingerprint density at radius 2 is 1.80 bits per heavy atom. The highest BCUT2D eigenvalue weighted by molar-refractivity contribution is 7.72. The van der Waals surface area contributed by atoms with Crippen molar-refractivity contribution >= 4 is 10.7 Å². The molecule has 0 amide bonds. The van der Waals surface area contributed by atoms with E-state index < -0.39 is 16.7 Å². The van der Waals surface area contributed by atoms with Crippen molar-refractivity contribution < 1.29 is 12.8 Å². The van der Waals surface area contributed by atoms with Gasteiger partial charge in [-0.3, -0.25) is 0 Å². The van der Waals surface area contributed by atoms with Crippen LogP contribution in [-0.4, -0.2) is 14.4 Å². The summed E-state index contributed by atoms with van der Waals surface area (Å²) in [6, 6.07) is -1.24. The average molecular weight is 98.1 g/mol. The first-order valence-corrected chi connectivity index (χ1v) is 2.31. The van der Waals surface area contributed by atoms with E-state index in [4.69, 9.17) is 8.42 Å². The van der Waals surface area contributed by atoms with Gasteiger partial charge in [-0.2, -0.15) is 0 Å². The number of hydrogen-bond acceptors (Lipinski definition) is 2. The van der Waals surface area contributed by atoms with Gasteiger partial charge in [0.05, 0.1) is 0 Å². The van der Waals surface area contributed by atoms with Gasteiger partial charge in [0.15, 0.2) is 16.7 Å². The van der Waals surface area contributed by atoms with Crippen molar-refractivity contribution in [2.45, 2.75) is 0 Å². The Balaban J connectivity index is 3.23. The zero-order valence-corrected chi connectivity index (χ0v) is 3.24. The van der Waals surface area contributed by atoms with E-state index in [1.807, 2.05) is 0 Å². The highest BCUT2D eigenvalue weighted by atomic mass is 32.2. The molecule has 0 fully saturated rings. The monoisotopic (exact) mass is 98.0 g/mol. The van der Waals surface area contributed by atoms with Crippen molar-refractivity contribution in [1.29, 1.82) is 0 Å². The normalized spacial score (nSPS) is 9.20. The molecule has 0 heterocycles. The molecule has 0 saturated heterocycles. The standard InChI is InChI=1S/CH3FO2S/c2-1-5(3)4/h5H,1H2. The van der Waals surface area contributed by atoms with Gasteiger partial charge < -0.3 is 0 Å². The summed E-state index contributed by atoms with van der Waals surface area (Å²) < 4.78 is 28.6. The van der Waals surface area contributed by atoms with E-state index in [0.717, 1.165) is 0 Å². The van der Waals surface area contributed by atoms with Crippen LogP contribution in [0.15, 0.2) is 0 Å². The Morgan fingerprint density at radius 3 is 1.80 bits per heavy atom. The molecule has 0 bridgehead atoms. The molecule has 0 saturated carbocycles. The molecule has 0 unspecified atom stereocenters. The minimum absolute atomic E-state index is 1.24. The molecule has 0 spiro atoms. The van der Waals surface area contributed by atoms with Crippen LogP contribution in [0.1, 0.15) is 0 Å². The second-order valence-corrected chi connectivity index (χ2v) is 1.36. The fourth-order valence-corrected chi connectivity index (χ4v) is 0. The zero-order chi connectivity index (χ0) is 4.28. The van der Waals surface area contributed by atoms with Crippen LogP contribution < -0.4 is 0 Å². The second-order valence-electron chi connectivity index (χ2n) is 0.452. The highest BCUT2D eigenvalue weighted by Gasteiger charge is 1.70. The molecule has 0 aromatic rings. The van der Waals surface area contributed by atoms with E-state index in [1.54, 1.807) is 0 Å². The molecule has 32 valence electrons. The van der Waals surface area contributed by atoms with Crippen LogP contribution in [0.4, 0.5) is 4.39 Å². The van der Waals surface area contributed by atoms with Crippen molar-refractivity contribution in [2.75, 3.05) is 6.01 Å².